The molecule has 4 nitrogen and oxygen atoms in total. The third kappa shape index (κ3) is 2.89. The van der Waals surface area contributed by atoms with Gasteiger partial charge in [-0.05, 0) is 25.1 Å². The number of halogens is 4. The normalized spacial score (nSPS) is 12.0. The van der Waals surface area contributed by atoms with Crippen molar-refractivity contribution in [3.63, 3.8) is 0 Å². The standard InChI is InChI=1S/C13H8ClF3N4S/c1-7-6-10(22-9-5-3-2-4-8(9)14)21-12(18-7)19-11(20-21)13(15,16)17/h2-6H,1H3. The van der Waals surface area contributed by atoms with Gasteiger partial charge in [0.05, 0.1) is 5.02 Å². The van der Waals surface area contributed by atoms with Crippen molar-refractivity contribution in [1.82, 2.24) is 19.6 Å². The van der Waals surface area contributed by atoms with E-state index < -0.39 is 12.0 Å². The van der Waals surface area contributed by atoms with E-state index in [0.717, 1.165) is 4.52 Å². The van der Waals surface area contributed by atoms with Crippen LogP contribution in [0.25, 0.3) is 5.78 Å². The molecule has 0 saturated carbocycles. The third-order valence-electron chi connectivity index (χ3n) is 2.71. The Labute approximate surface area is 132 Å². The molecule has 3 aromatic rings. The van der Waals surface area contributed by atoms with Gasteiger partial charge in [-0.15, -0.1) is 5.10 Å². The van der Waals surface area contributed by atoms with E-state index in [-0.39, 0.29) is 5.78 Å². The molecule has 0 radical (unpaired) electrons. The topological polar surface area (TPSA) is 43.1 Å². The van der Waals surface area contributed by atoms with Gasteiger partial charge in [-0.25, -0.2) is 4.98 Å². The number of alkyl halides is 3. The van der Waals surface area contributed by atoms with Crippen molar-refractivity contribution >= 4 is 29.1 Å². The van der Waals surface area contributed by atoms with E-state index in [1.54, 1.807) is 37.3 Å². The molecule has 2 heterocycles. The highest BCUT2D eigenvalue weighted by Crippen LogP contribution is 2.34. The van der Waals surface area contributed by atoms with Crippen molar-refractivity contribution in [2.24, 2.45) is 0 Å². The average molecular weight is 345 g/mol. The maximum atomic E-state index is 12.8. The molecule has 3 rings (SSSR count). The Morgan fingerprint density at radius 2 is 1.91 bits per heavy atom. The Morgan fingerprint density at radius 1 is 1.18 bits per heavy atom. The number of aromatic nitrogens is 4. The summed E-state index contributed by atoms with van der Waals surface area (Å²) in [7, 11) is 0. The van der Waals surface area contributed by atoms with E-state index in [1.807, 2.05) is 0 Å². The highest BCUT2D eigenvalue weighted by molar-refractivity contribution is 7.99. The minimum atomic E-state index is -4.62. The fourth-order valence-electron chi connectivity index (χ4n) is 1.79. The lowest BCUT2D eigenvalue weighted by atomic mass is 10.4. The quantitative estimate of drug-likeness (QED) is 0.652. The molecule has 9 heteroatoms. The van der Waals surface area contributed by atoms with Gasteiger partial charge in [-0.3, -0.25) is 0 Å². The fourth-order valence-corrected chi connectivity index (χ4v) is 3.01. The van der Waals surface area contributed by atoms with Crippen LogP contribution < -0.4 is 0 Å². The van der Waals surface area contributed by atoms with Crippen LogP contribution in [0.1, 0.15) is 11.5 Å². The van der Waals surface area contributed by atoms with E-state index in [1.165, 1.54) is 11.8 Å². The van der Waals surface area contributed by atoms with Gasteiger partial charge < -0.3 is 0 Å². The molecule has 22 heavy (non-hydrogen) atoms. The number of benzene rings is 1. The SMILES string of the molecule is Cc1cc(Sc2ccccc2Cl)n2nc(C(F)(F)F)nc2n1. The Kier molecular flexibility index (Phi) is 3.73. The van der Waals surface area contributed by atoms with Crippen LogP contribution in [0.3, 0.4) is 0 Å². The molecule has 0 fully saturated rings. The number of nitrogens with zero attached hydrogens (tertiary/aromatic N) is 4. The zero-order valence-corrected chi connectivity index (χ0v) is 12.7. The smallest absolute Gasteiger partial charge is 0.216 e. The van der Waals surface area contributed by atoms with Gasteiger partial charge >= 0.3 is 6.18 Å². The molecule has 114 valence electrons. The maximum Gasteiger partial charge on any atom is 0.453 e. The Morgan fingerprint density at radius 3 is 2.59 bits per heavy atom. The first kappa shape index (κ1) is 15.1. The van der Waals surface area contributed by atoms with Gasteiger partial charge in [0.2, 0.25) is 0 Å². The summed E-state index contributed by atoms with van der Waals surface area (Å²) in [6.07, 6.45) is -4.62. The van der Waals surface area contributed by atoms with Crippen LogP contribution in [-0.4, -0.2) is 19.6 Å². The minimum absolute atomic E-state index is 0.0955. The first-order valence-electron chi connectivity index (χ1n) is 6.08. The fraction of sp³-hybridized carbons (Fsp3) is 0.154. The van der Waals surface area contributed by atoms with Crippen LogP contribution in [0.2, 0.25) is 5.02 Å². The summed E-state index contributed by atoms with van der Waals surface area (Å²) in [5, 5.41) is 4.47. The molecule has 0 aliphatic heterocycles. The predicted octanol–water partition coefficient (Wildman–Crippen LogP) is 4.26. The first-order valence-corrected chi connectivity index (χ1v) is 7.28. The van der Waals surface area contributed by atoms with Gasteiger partial charge in [-0.2, -0.15) is 22.7 Å². The lowest BCUT2D eigenvalue weighted by molar-refractivity contribution is -0.144. The number of hydrogen-bond acceptors (Lipinski definition) is 4. The van der Waals surface area contributed by atoms with E-state index >= 15 is 0 Å². The van der Waals surface area contributed by atoms with Crippen molar-refractivity contribution in [2.45, 2.75) is 23.0 Å². The summed E-state index contributed by atoms with van der Waals surface area (Å²) in [5.41, 5.74) is 0.545. The number of hydrogen-bond donors (Lipinski definition) is 0. The average Bonchev–Trinajstić information content (AvgIpc) is 2.85. The molecule has 1 aromatic carbocycles. The Hall–Kier alpha value is -1.80. The minimum Gasteiger partial charge on any atom is -0.216 e. The van der Waals surface area contributed by atoms with Crippen molar-refractivity contribution in [1.29, 1.82) is 0 Å². The number of rotatable bonds is 2. The van der Waals surface area contributed by atoms with E-state index in [4.69, 9.17) is 11.6 Å². The van der Waals surface area contributed by atoms with Crippen LogP contribution >= 0.6 is 23.4 Å². The molecule has 0 saturated heterocycles. The highest BCUT2D eigenvalue weighted by atomic mass is 35.5. The van der Waals surface area contributed by atoms with Gasteiger partial charge in [0.15, 0.2) is 0 Å². The van der Waals surface area contributed by atoms with Crippen molar-refractivity contribution in [3.05, 3.63) is 46.9 Å². The zero-order chi connectivity index (χ0) is 15.9. The lowest BCUT2D eigenvalue weighted by Crippen LogP contribution is -2.07. The molecule has 0 amide bonds. The van der Waals surface area contributed by atoms with Gasteiger partial charge in [0, 0.05) is 10.6 Å². The van der Waals surface area contributed by atoms with Gasteiger partial charge in [0.25, 0.3) is 11.6 Å². The van der Waals surface area contributed by atoms with Crippen molar-refractivity contribution in [2.75, 3.05) is 0 Å². The van der Waals surface area contributed by atoms with Gasteiger partial charge in [0.1, 0.15) is 5.03 Å². The van der Waals surface area contributed by atoms with E-state index in [0.29, 0.717) is 20.6 Å². The van der Waals surface area contributed by atoms with Crippen LogP contribution in [0, 0.1) is 6.92 Å². The van der Waals surface area contributed by atoms with Crippen LogP contribution in [-0.2, 0) is 6.18 Å². The number of aryl methyl sites for hydroxylation is 1. The molecule has 0 bridgehead atoms. The molecule has 2 aromatic heterocycles. The molecule has 0 aliphatic carbocycles. The van der Waals surface area contributed by atoms with E-state index in [2.05, 4.69) is 15.1 Å². The molecule has 0 N–H and O–H groups in total. The maximum absolute atomic E-state index is 12.8. The van der Waals surface area contributed by atoms with E-state index in [9.17, 15) is 13.2 Å². The second-order valence-electron chi connectivity index (χ2n) is 4.41. The summed E-state index contributed by atoms with van der Waals surface area (Å²) < 4.78 is 39.3. The largest absolute Gasteiger partial charge is 0.453 e. The van der Waals surface area contributed by atoms with Crippen molar-refractivity contribution < 1.29 is 13.2 Å². The summed E-state index contributed by atoms with van der Waals surface area (Å²) in [6, 6.07) is 8.68. The van der Waals surface area contributed by atoms with Crippen LogP contribution in [0.15, 0.2) is 40.3 Å². The van der Waals surface area contributed by atoms with Crippen LogP contribution in [0.4, 0.5) is 13.2 Å². The van der Waals surface area contributed by atoms with Crippen molar-refractivity contribution in [3.8, 4) is 0 Å². The molecule has 0 atom stereocenters. The second-order valence-corrected chi connectivity index (χ2v) is 5.88. The predicted molar refractivity (Wildman–Crippen MR) is 76.1 cm³/mol. The lowest BCUT2D eigenvalue weighted by Gasteiger charge is -2.06. The molecule has 0 aliphatic rings. The third-order valence-corrected chi connectivity index (χ3v) is 4.23. The summed E-state index contributed by atoms with van der Waals surface area (Å²) in [6.45, 7) is 1.68. The van der Waals surface area contributed by atoms with Gasteiger partial charge in [-0.1, -0.05) is 35.5 Å². The second kappa shape index (κ2) is 5.44. The Balaban J connectivity index is 2.13. The molecular weight excluding hydrogens is 337 g/mol. The monoisotopic (exact) mass is 344 g/mol. The zero-order valence-electron chi connectivity index (χ0n) is 11.1. The number of fused-ring (bicyclic) bond motifs is 1. The summed E-state index contributed by atoms with van der Waals surface area (Å²) in [5.74, 6) is -1.31. The molecule has 0 unspecified atom stereocenters. The highest BCUT2D eigenvalue weighted by Gasteiger charge is 2.36. The molecule has 0 spiro atoms. The summed E-state index contributed by atoms with van der Waals surface area (Å²) >= 11 is 7.28. The summed E-state index contributed by atoms with van der Waals surface area (Å²) in [4.78, 5) is 8.12. The first-order chi connectivity index (χ1) is 10.3. The molecular formula is C13H8ClF3N4S. The van der Waals surface area contributed by atoms with Crippen LogP contribution in [0.5, 0.6) is 0 Å². The Bertz CT molecular complexity index is 847.